The molecule has 0 spiro atoms. The van der Waals surface area contributed by atoms with Crippen LogP contribution < -0.4 is 25.4 Å². The molecule has 3 N–H and O–H groups in total. The fourth-order valence-corrected chi connectivity index (χ4v) is 5.56. The van der Waals surface area contributed by atoms with Crippen LogP contribution in [0.15, 0.2) is 109 Å². The first-order chi connectivity index (χ1) is 25.5. The maximum atomic E-state index is 14.0. The SMILES string of the molecule is COc1cc(-c2ccc(Cl)c(C(=O)Nc3ccc(Oc4cc(C(C)C)ccc4C)cn3)c2)ccc1Nc1ccc(NC(=O)c2c(F)cccc2F)cn1. The number of anilines is 4. The van der Waals surface area contributed by atoms with Crippen molar-refractivity contribution in [1.82, 2.24) is 9.97 Å². The molecule has 6 rings (SSSR count). The molecule has 2 aromatic heterocycles. The smallest absolute Gasteiger partial charge is 0.261 e. The topological polar surface area (TPSA) is 114 Å². The largest absolute Gasteiger partial charge is 0.495 e. The third-order valence-corrected chi connectivity index (χ3v) is 8.63. The maximum Gasteiger partial charge on any atom is 0.261 e. The van der Waals surface area contributed by atoms with Gasteiger partial charge in [-0.15, -0.1) is 0 Å². The minimum Gasteiger partial charge on any atom is -0.495 e. The van der Waals surface area contributed by atoms with Crippen LogP contribution in [0.25, 0.3) is 11.1 Å². The van der Waals surface area contributed by atoms with Crippen molar-refractivity contribution in [1.29, 1.82) is 0 Å². The molecular weight excluding hydrogens is 700 g/mol. The summed E-state index contributed by atoms with van der Waals surface area (Å²) in [7, 11) is 1.52. The molecule has 0 aliphatic carbocycles. The Balaban J connectivity index is 1.12. The minimum atomic E-state index is -0.966. The second-order valence-electron chi connectivity index (χ2n) is 12.3. The van der Waals surface area contributed by atoms with Crippen molar-refractivity contribution >= 4 is 46.4 Å². The number of aromatic nitrogens is 2. The lowest BCUT2D eigenvalue weighted by Gasteiger charge is -2.14. The second kappa shape index (κ2) is 15.9. The number of benzene rings is 4. The predicted molar refractivity (Wildman–Crippen MR) is 203 cm³/mol. The van der Waals surface area contributed by atoms with Crippen LogP contribution in [0.2, 0.25) is 5.02 Å². The Morgan fingerprint density at radius 3 is 2.15 bits per heavy atom. The van der Waals surface area contributed by atoms with E-state index in [1.165, 1.54) is 24.9 Å². The van der Waals surface area contributed by atoms with Crippen LogP contribution >= 0.6 is 11.6 Å². The van der Waals surface area contributed by atoms with Crippen LogP contribution in [0.3, 0.4) is 0 Å². The van der Waals surface area contributed by atoms with E-state index >= 15 is 0 Å². The molecule has 0 atom stereocenters. The lowest BCUT2D eigenvalue weighted by atomic mass is 10.0. The number of halogens is 3. The summed E-state index contributed by atoms with van der Waals surface area (Å²) >= 11 is 6.47. The normalized spacial score (nSPS) is 10.9. The quantitative estimate of drug-likeness (QED) is 0.121. The van der Waals surface area contributed by atoms with E-state index in [0.717, 1.165) is 29.0 Å². The van der Waals surface area contributed by atoms with E-state index in [2.05, 4.69) is 45.8 Å². The van der Waals surface area contributed by atoms with Gasteiger partial charge >= 0.3 is 0 Å². The van der Waals surface area contributed by atoms with Crippen molar-refractivity contribution in [2.45, 2.75) is 26.7 Å². The van der Waals surface area contributed by atoms with Gasteiger partial charge in [0.2, 0.25) is 0 Å². The highest BCUT2D eigenvalue weighted by Gasteiger charge is 2.18. The number of nitrogens with zero attached hydrogens (tertiary/aromatic N) is 2. The molecular formula is C41H34ClF2N5O4. The first-order valence-corrected chi connectivity index (χ1v) is 16.9. The highest BCUT2D eigenvalue weighted by atomic mass is 35.5. The van der Waals surface area contributed by atoms with Gasteiger partial charge in [0.1, 0.15) is 46.1 Å². The van der Waals surface area contributed by atoms with Gasteiger partial charge in [0.25, 0.3) is 11.8 Å². The number of rotatable bonds is 11. The van der Waals surface area contributed by atoms with Crippen molar-refractivity contribution < 1.29 is 27.8 Å². The molecule has 0 saturated heterocycles. The van der Waals surface area contributed by atoms with E-state index in [0.29, 0.717) is 40.3 Å². The molecule has 0 bridgehead atoms. The van der Waals surface area contributed by atoms with Crippen LogP contribution in [-0.4, -0.2) is 28.9 Å². The average molecular weight is 734 g/mol. The first kappa shape index (κ1) is 36.5. The number of hydrogen-bond donors (Lipinski definition) is 3. The van der Waals surface area contributed by atoms with Gasteiger partial charge in [-0.2, -0.15) is 0 Å². The van der Waals surface area contributed by atoms with Gasteiger partial charge in [0.15, 0.2) is 0 Å². The van der Waals surface area contributed by atoms with Gasteiger partial charge in [-0.25, -0.2) is 18.7 Å². The van der Waals surface area contributed by atoms with Crippen molar-refractivity contribution in [3.8, 4) is 28.4 Å². The molecule has 0 aliphatic rings. The standard InChI is InChI=1S/C41H34ClF2N5O4/c1-23(2)25-9-8-24(3)35(19-25)53-29-13-17-38(46-22-29)49-40(50)30-18-26(10-14-31(30)42)27-11-15-34(36(20-27)52-4)48-37-16-12-28(21-45-37)47-41(51)39-32(43)6-5-7-33(39)44/h5-23H,1-4H3,(H,45,48)(H,47,51)(H,46,49,50). The van der Waals surface area contributed by atoms with Gasteiger partial charge in [-0.1, -0.05) is 55.8 Å². The van der Waals surface area contributed by atoms with E-state index in [-0.39, 0.29) is 16.3 Å². The molecule has 2 heterocycles. The third-order valence-electron chi connectivity index (χ3n) is 8.30. The lowest BCUT2D eigenvalue weighted by molar-refractivity contribution is 0.101. The summed E-state index contributed by atoms with van der Waals surface area (Å²) in [6, 6.07) is 26.4. The monoisotopic (exact) mass is 733 g/mol. The number of ether oxygens (including phenoxy) is 2. The van der Waals surface area contributed by atoms with Crippen molar-refractivity contribution in [3.05, 3.63) is 148 Å². The van der Waals surface area contributed by atoms with Gasteiger partial charge < -0.3 is 25.4 Å². The zero-order valence-corrected chi connectivity index (χ0v) is 29.9. The lowest BCUT2D eigenvalue weighted by Crippen LogP contribution is -2.16. The van der Waals surface area contributed by atoms with E-state index in [1.807, 2.05) is 25.1 Å². The number of amides is 2. The fourth-order valence-electron chi connectivity index (χ4n) is 5.35. The molecule has 0 radical (unpaired) electrons. The van der Waals surface area contributed by atoms with Crippen LogP contribution in [-0.2, 0) is 0 Å². The summed E-state index contributed by atoms with van der Waals surface area (Å²) in [6.07, 6.45) is 2.90. The molecule has 4 aromatic carbocycles. The van der Waals surface area contributed by atoms with Crippen LogP contribution in [0.4, 0.5) is 31.8 Å². The van der Waals surface area contributed by atoms with Crippen LogP contribution in [0.5, 0.6) is 17.2 Å². The molecule has 0 fully saturated rings. The zero-order chi connectivity index (χ0) is 37.6. The molecule has 0 saturated carbocycles. The summed E-state index contributed by atoms with van der Waals surface area (Å²) in [5, 5.41) is 8.67. The summed E-state index contributed by atoms with van der Waals surface area (Å²) in [6.45, 7) is 6.23. The highest BCUT2D eigenvalue weighted by Crippen LogP contribution is 2.34. The summed E-state index contributed by atoms with van der Waals surface area (Å²) in [5.74, 6) is -0.429. The highest BCUT2D eigenvalue weighted by molar-refractivity contribution is 6.34. The molecule has 6 aromatic rings. The summed E-state index contributed by atoms with van der Waals surface area (Å²) < 4.78 is 39.7. The number of carbonyl (C=O) groups excluding carboxylic acids is 2. The van der Waals surface area contributed by atoms with Gasteiger partial charge in [-0.05, 0) is 102 Å². The number of nitrogens with one attached hydrogen (secondary N) is 3. The summed E-state index contributed by atoms with van der Waals surface area (Å²) in [5.41, 5.74) is 4.03. The number of pyridine rings is 2. The van der Waals surface area contributed by atoms with Crippen molar-refractivity contribution in [2.75, 3.05) is 23.1 Å². The predicted octanol–water partition coefficient (Wildman–Crippen LogP) is 10.6. The fraction of sp³-hybridized carbons (Fsp3) is 0.122. The van der Waals surface area contributed by atoms with Crippen molar-refractivity contribution in [2.24, 2.45) is 0 Å². The molecule has 12 heteroatoms. The maximum absolute atomic E-state index is 14.0. The Hall–Kier alpha value is -6.33. The number of carbonyl (C=O) groups is 2. The Labute approximate surface area is 310 Å². The molecule has 0 aliphatic heterocycles. The minimum absolute atomic E-state index is 0.244. The van der Waals surface area contributed by atoms with E-state index in [1.54, 1.807) is 60.8 Å². The van der Waals surface area contributed by atoms with E-state index in [4.69, 9.17) is 21.1 Å². The van der Waals surface area contributed by atoms with E-state index < -0.39 is 29.0 Å². The Morgan fingerprint density at radius 2 is 1.47 bits per heavy atom. The Morgan fingerprint density at radius 1 is 0.755 bits per heavy atom. The van der Waals surface area contributed by atoms with Gasteiger partial charge in [0, 0.05) is 0 Å². The molecule has 268 valence electrons. The first-order valence-electron chi connectivity index (χ1n) is 16.5. The number of methoxy groups -OCH3 is 1. The third kappa shape index (κ3) is 8.59. The Kier molecular flexibility index (Phi) is 10.9. The number of aryl methyl sites for hydroxylation is 1. The van der Waals surface area contributed by atoms with E-state index in [9.17, 15) is 18.4 Å². The molecule has 2 amide bonds. The molecule has 9 nitrogen and oxygen atoms in total. The average Bonchev–Trinajstić information content (AvgIpc) is 3.14. The van der Waals surface area contributed by atoms with Gasteiger partial charge in [-0.3, -0.25) is 9.59 Å². The molecule has 0 unspecified atom stereocenters. The van der Waals surface area contributed by atoms with Crippen molar-refractivity contribution in [3.63, 3.8) is 0 Å². The second-order valence-corrected chi connectivity index (χ2v) is 12.7. The number of hydrogen-bond acceptors (Lipinski definition) is 7. The Bertz CT molecular complexity index is 2280. The van der Waals surface area contributed by atoms with Gasteiger partial charge in [0.05, 0.1) is 41.5 Å². The zero-order valence-electron chi connectivity index (χ0n) is 29.1. The molecule has 53 heavy (non-hydrogen) atoms. The van der Waals surface area contributed by atoms with Crippen LogP contribution in [0, 0.1) is 18.6 Å². The van der Waals surface area contributed by atoms with Crippen LogP contribution in [0.1, 0.15) is 51.6 Å². The summed E-state index contributed by atoms with van der Waals surface area (Å²) in [4.78, 5) is 34.4.